The highest BCUT2D eigenvalue weighted by Crippen LogP contribution is 2.30. The maximum Gasteiger partial charge on any atom is 0.226 e. The highest BCUT2D eigenvalue weighted by Gasteiger charge is 2.26. The standard InChI is InChI=1S/C23H28N2O3/c1-27-21-7-8-22-19(14-21)13-20(16-28-22)23(26)24-10-4-11-25-12-9-17-5-2-3-6-18(17)15-25/h2-3,5-8,14,20H,4,9-13,15-16H2,1H3,(H,24,26). The highest BCUT2D eigenvalue weighted by molar-refractivity contribution is 5.79. The van der Waals surface area contributed by atoms with E-state index in [2.05, 4.69) is 34.5 Å². The van der Waals surface area contributed by atoms with Gasteiger partial charge in [-0.05, 0) is 54.2 Å². The van der Waals surface area contributed by atoms with Crippen LogP contribution >= 0.6 is 0 Å². The number of carbonyl (C=O) groups is 1. The van der Waals surface area contributed by atoms with Gasteiger partial charge in [0.2, 0.25) is 5.91 Å². The molecule has 5 nitrogen and oxygen atoms in total. The van der Waals surface area contributed by atoms with Crippen molar-refractivity contribution in [1.29, 1.82) is 0 Å². The Hall–Kier alpha value is -2.53. The zero-order valence-corrected chi connectivity index (χ0v) is 16.4. The number of hydrogen-bond donors (Lipinski definition) is 1. The monoisotopic (exact) mass is 380 g/mol. The number of hydrogen-bond acceptors (Lipinski definition) is 4. The minimum Gasteiger partial charge on any atom is -0.497 e. The maximum atomic E-state index is 12.5. The van der Waals surface area contributed by atoms with E-state index in [1.54, 1.807) is 7.11 Å². The fourth-order valence-electron chi connectivity index (χ4n) is 4.07. The van der Waals surface area contributed by atoms with Crippen LogP contribution < -0.4 is 14.8 Å². The fourth-order valence-corrected chi connectivity index (χ4v) is 4.07. The second kappa shape index (κ2) is 8.65. The summed E-state index contributed by atoms with van der Waals surface area (Å²) in [5.74, 6) is 1.60. The Balaban J connectivity index is 1.21. The van der Waals surface area contributed by atoms with Crippen LogP contribution in [-0.2, 0) is 24.2 Å². The molecule has 1 unspecified atom stereocenters. The Labute approximate surface area is 166 Å². The Morgan fingerprint density at radius 1 is 1.21 bits per heavy atom. The van der Waals surface area contributed by atoms with Crippen molar-refractivity contribution in [2.45, 2.75) is 25.8 Å². The molecule has 0 aromatic heterocycles. The number of ether oxygens (including phenoxy) is 2. The third kappa shape index (κ3) is 4.30. The quantitative estimate of drug-likeness (QED) is 0.783. The number of nitrogens with zero attached hydrogens (tertiary/aromatic N) is 1. The largest absolute Gasteiger partial charge is 0.497 e. The minimum atomic E-state index is -0.138. The number of nitrogens with one attached hydrogen (secondary N) is 1. The van der Waals surface area contributed by atoms with Crippen molar-refractivity contribution in [2.24, 2.45) is 5.92 Å². The van der Waals surface area contributed by atoms with E-state index in [1.807, 2.05) is 18.2 Å². The molecule has 1 atom stereocenters. The summed E-state index contributed by atoms with van der Waals surface area (Å²) in [4.78, 5) is 15.0. The van der Waals surface area contributed by atoms with Crippen LogP contribution in [0.15, 0.2) is 42.5 Å². The van der Waals surface area contributed by atoms with E-state index < -0.39 is 0 Å². The Morgan fingerprint density at radius 2 is 2.07 bits per heavy atom. The molecule has 0 spiro atoms. The number of rotatable bonds is 6. The number of fused-ring (bicyclic) bond motifs is 2. The van der Waals surface area contributed by atoms with Crippen molar-refractivity contribution in [3.8, 4) is 11.5 Å². The van der Waals surface area contributed by atoms with Crippen LogP contribution in [-0.4, -0.2) is 44.2 Å². The van der Waals surface area contributed by atoms with E-state index in [4.69, 9.17) is 9.47 Å². The van der Waals surface area contributed by atoms with Crippen molar-refractivity contribution in [2.75, 3.05) is 33.4 Å². The molecule has 2 heterocycles. The number of benzene rings is 2. The smallest absolute Gasteiger partial charge is 0.226 e. The lowest BCUT2D eigenvalue weighted by molar-refractivity contribution is -0.126. The molecule has 1 amide bonds. The number of carbonyl (C=O) groups excluding carboxylic acids is 1. The summed E-state index contributed by atoms with van der Waals surface area (Å²) in [6, 6.07) is 14.4. The van der Waals surface area contributed by atoms with Gasteiger partial charge in [0.05, 0.1) is 13.0 Å². The summed E-state index contributed by atoms with van der Waals surface area (Å²) < 4.78 is 11.0. The van der Waals surface area contributed by atoms with Gasteiger partial charge in [-0.3, -0.25) is 9.69 Å². The van der Waals surface area contributed by atoms with Crippen molar-refractivity contribution >= 4 is 5.91 Å². The second-order valence-corrected chi connectivity index (χ2v) is 7.63. The van der Waals surface area contributed by atoms with Gasteiger partial charge in [0, 0.05) is 26.2 Å². The van der Waals surface area contributed by atoms with E-state index in [1.165, 1.54) is 11.1 Å². The molecule has 0 radical (unpaired) electrons. The first kappa shape index (κ1) is 18.8. The van der Waals surface area contributed by atoms with Gasteiger partial charge in [-0.15, -0.1) is 0 Å². The number of methoxy groups -OCH3 is 1. The van der Waals surface area contributed by atoms with E-state index in [0.717, 1.165) is 49.5 Å². The first-order chi connectivity index (χ1) is 13.7. The van der Waals surface area contributed by atoms with Crippen LogP contribution in [0.2, 0.25) is 0 Å². The SMILES string of the molecule is COc1ccc2c(c1)CC(C(=O)NCCCN1CCc3ccccc3C1)CO2. The van der Waals surface area contributed by atoms with E-state index in [-0.39, 0.29) is 11.8 Å². The predicted octanol–water partition coefficient (Wildman–Crippen LogP) is 2.81. The Kier molecular flexibility index (Phi) is 5.81. The van der Waals surface area contributed by atoms with Gasteiger partial charge >= 0.3 is 0 Å². The summed E-state index contributed by atoms with van der Waals surface area (Å²) in [5.41, 5.74) is 3.95. The lowest BCUT2D eigenvalue weighted by Gasteiger charge is -2.29. The third-order valence-corrected chi connectivity index (χ3v) is 5.70. The van der Waals surface area contributed by atoms with E-state index in [0.29, 0.717) is 19.6 Å². The summed E-state index contributed by atoms with van der Waals surface area (Å²) >= 11 is 0. The minimum absolute atomic E-state index is 0.0810. The van der Waals surface area contributed by atoms with Crippen LogP contribution in [0.4, 0.5) is 0 Å². The molecule has 0 saturated heterocycles. The lowest BCUT2D eigenvalue weighted by Crippen LogP contribution is -2.39. The van der Waals surface area contributed by atoms with Gasteiger partial charge < -0.3 is 14.8 Å². The van der Waals surface area contributed by atoms with Gasteiger partial charge in [0.25, 0.3) is 0 Å². The third-order valence-electron chi connectivity index (χ3n) is 5.70. The summed E-state index contributed by atoms with van der Waals surface area (Å²) in [5, 5.41) is 3.09. The molecule has 2 aromatic carbocycles. The van der Waals surface area contributed by atoms with Gasteiger partial charge in [-0.1, -0.05) is 24.3 Å². The van der Waals surface area contributed by atoms with Gasteiger partial charge in [0.15, 0.2) is 0 Å². The Bertz CT molecular complexity index is 836. The molecule has 4 rings (SSSR count). The zero-order valence-electron chi connectivity index (χ0n) is 16.4. The summed E-state index contributed by atoms with van der Waals surface area (Å²) in [6.07, 6.45) is 2.78. The first-order valence-corrected chi connectivity index (χ1v) is 10.1. The van der Waals surface area contributed by atoms with Crippen molar-refractivity contribution < 1.29 is 14.3 Å². The predicted molar refractivity (Wildman–Crippen MR) is 109 cm³/mol. The molecule has 5 heteroatoms. The average Bonchev–Trinajstić information content (AvgIpc) is 2.75. The maximum absolute atomic E-state index is 12.5. The molecule has 0 saturated carbocycles. The van der Waals surface area contributed by atoms with E-state index >= 15 is 0 Å². The zero-order chi connectivity index (χ0) is 19.3. The average molecular weight is 380 g/mol. The fraction of sp³-hybridized carbons (Fsp3) is 0.435. The molecular formula is C23H28N2O3. The topological polar surface area (TPSA) is 50.8 Å². The normalized spacial score (nSPS) is 18.5. The van der Waals surface area contributed by atoms with E-state index in [9.17, 15) is 4.79 Å². The molecule has 0 aliphatic carbocycles. The van der Waals surface area contributed by atoms with Crippen LogP contribution in [0.25, 0.3) is 0 Å². The molecule has 1 N–H and O–H groups in total. The molecule has 2 aliphatic rings. The summed E-state index contributed by atoms with van der Waals surface area (Å²) in [6.45, 7) is 4.27. The molecule has 2 aliphatic heterocycles. The van der Waals surface area contributed by atoms with Crippen molar-refractivity contribution in [3.63, 3.8) is 0 Å². The van der Waals surface area contributed by atoms with Crippen molar-refractivity contribution in [1.82, 2.24) is 10.2 Å². The van der Waals surface area contributed by atoms with Gasteiger partial charge in [0.1, 0.15) is 18.1 Å². The molecule has 28 heavy (non-hydrogen) atoms. The molecule has 2 aromatic rings. The van der Waals surface area contributed by atoms with Crippen LogP contribution in [0, 0.1) is 5.92 Å². The lowest BCUT2D eigenvalue weighted by atomic mass is 9.95. The second-order valence-electron chi connectivity index (χ2n) is 7.63. The number of amides is 1. The van der Waals surface area contributed by atoms with Gasteiger partial charge in [-0.2, -0.15) is 0 Å². The molecule has 0 bridgehead atoms. The Morgan fingerprint density at radius 3 is 2.93 bits per heavy atom. The summed E-state index contributed by atoms with van der Waals surface area (Å²) in [7, 11) is 1.65. The molecule has 148 valence electrons. The van der Waals surface area contributed by atoms with Crippen molar-refractivity contribution in [3.05, 3.63) is 59.2 Å². The van der Waals surface area contributed by atoms with Crippen LogP contribution in [0.5, 0.6) is 11.5 Å². The molecular weight excluding hydrogens is 352 g/mol. The van der Waals surface area contributed by atoms with Gasteiger partial charge in [-0.25, -0.2) is 0 Å². The first-order valence-electron chi connectivity index (χ1n) is 10.1. The van der Waals surface area contributed by atoms with Crippen LogP contribution in [0.3, 0.4) is 0 Å². The molecule has 0 fully saturated rings. The highest BCUT2D eigenvalue weighted by atomic mass is 16.5. The van der Waals surface area contributed by atoms with Crippen LogP contribution in [0.1, 0.15) is 23.1 Å².